The third-order valence-electron chi connectivity index (χ3n) is 3.09. The number of thiophene rings is 1. The molecule has 21 heavy (non-hydrogen) atoms. The normalized spacial score (nSPS) is 12.0. The van der Waals surface area contributed by atoms with Gasteiger partial charge in [0.25, 0.3) is 0 Å². The number of rotatable bonds is 5. The van der Waals surface area contributed by atoms with Crippen LogP contribution in [-0.2, 0) is 19.4 Å². The van der Waals surface area contributed by atoms with Crippen molar-refractivity contribution in [3.63, 3.8) is 0 Å². The fraction of sp³-hybridized carbons (Fsp3) is 0.538. The minimum absolute atomic E-state index is 0.263. The predicted octanol–water partition coefficient (Wildman–Crippen LogP) is 1.99. The molecule has 118 valence electrons. The zero-order valence-electron chi connectivity index (χ0n) is 12.6. The molecule has 1 rings (SSSR count). The number of esters is 1. The molecule has 1 heterocycles. The van der Waals surface area contributed by atoms with Gasteiger partial charge in [0, 0.05) is 6.26 Å². The van der Waals surface area contributed by atoms with Crippen LogP contribution in [0.2, 0.25) is 0 Å². The summed E-state index contributed by atoms with van der Waals surface area (Å²) in [5, 5.41) is 2.95. The van der Waals surface area contributed by atoms with Crippen LogP contribution in [0.4, 0.5) is 5.00 Å². The Balaban J connectivity index is 2.98. The summed E-state index contributed by atoms with van der Waals surface area (Å²) in [6, 6.07) is 1.62. The maximum absolute atomic E-state index is 12.1. The molecule has 0 unspecified atom stereocenters. The quantitative estimate of drug-likeness (QED) is 0.832. The van der Waals surface area contributed by atoms with E-state index in [1.54, 1.807) is 19.9 Å². The first-order valence-electron chi connectivity index (χ1n) is 6.29. The molecule has 0 fully saturated rings. The van der Waals surface area contributed by atoms with E-state index in [1.165, 1.54) is 13.8 Å². The molecule has 1 N–H and O–H groups in total. The van der Waals surface area contributed by atoms with Gasteiger partial charge in [-0.25, -0.2) is 13.2 Å². The first-order chi connectivity index (χ1) is 9.50. The van der Waals surface area contributed by atoms with Crippen molar-refractivity contribution in [3.8, 4) is 0 Å². The zero-order valence-corrected chi connectivity index (χ0v) is 14.3. The Morgan fingerprint density at radius 1 is 1.38 bits per heavy atom. The van der Waals surface area contributed by atoms with E-state index in [2.05, 4.69) is 5.32 Å². The summed E-state index contributed by atoms with van der Waals surface area (Å²) >= 11 is 1.06. The summed E-state index contributed by atoms with van der Waals surface area (Å²) in [6.07, 6.45) is 1.01. The number of aryl methyl sites for hydroxylation is 1. The molecule has 1 amide bonds. The Bertz CT molecular complexity index is 658. The predicted molar refractivity (Wildman–Crippen MR) is 82.6 cm³/mol. The highest BCUT2D eigenvalue weighted by molar-refractivity contribution is 7.92. The fourth-order valence-electron chi connectivity index (χ4n) is 1.37. The lowest BCUT2D eigenvalue weighted by molar-refractivity contribution is -0.117. The van der Waals surface area contributed by atoms with Gasteiger partial charge in [-0.15, -0.1) is 11.3 Å². The third kappa shape index (κ3) is 3.82. The highest BCUT2D eigenvalue weighted by Gasteiger charge is 2.38. The van der Waals surface area contributed by atoms with E-state index in [1.807, 2.05) is 0 Å². The van der Waals surface area contributed by atoms with E-state index in [0.717, 1.165) is 17.6 Å². The molecule has 0 saturated carbocycles. The molecule has 6 nitrogen and oxygen atoms in total. The number of hydrogen-bond acceptors (Lipinski definition) is 6. The summed E-state index contributed by atoms with van der Waals surface area (Å²) in [7, 11) is -3.55. The molecule has 0 atom stereocenters. The molecular formula is C13H19NO5S2. The van der Waals surface area contributed by atoms with E-state index >= 15 is 0 Å². The van der Waals surface area contributed by atoms with Gasteiger partial charge < -0.3 is 10.1 Å². The van der Waals surface area contributed by atoms with Crippen LogP contribution >= 0.6 is 11.3 Å². The van der Waals surface area contributed by atoms with Gasteiger partial charge in [-0.1, -0.05) is 0 Å². The highest BCUT2D eigenvalue weighted by atomic mass is 32.2. The van der Waals surface area contributed by atoms with Crippen LogP contribution in [0.25, 0.3) is 0 Å². The topological polar surface area (TPSA) is 89.5 Å². The first kappa shape index (κ1) is 17.6. The van der Waals surface area contributed by atoms with Crippen LogP contribution in [0.15, 0.2) is 6.07 Å². The van der Waals surface area contributed by atoms with Gasteiger partial charge in [0.1, 0.15) is 9.62 Å². The molecular weight excluding hydrogens is 314 g/mol. The number of carbonyl (C=O) groups excluding carboxylic acids is 2. The maximum Gasteiger partial charge on any atom is 0.348 e. The first-order valence-corrected chi connectivity index (χ1v) is 9.00. The van der Waals surface area contributed by atoms with E-state index in [4.69, 9.17) is 4.74 Å². The fourth-order valence-corrected chi connectivity index (χ4v) is 2.72. The molecule has 0 radical (unpaired) electrons. The number of carbonyl (C=O) groups is 2. The van der Waals surface area contributed by atoms with Gasteiger partial charge in [-0.05, 0) is 39.3 Å². The van der Waals surface area contributed by atoms with Gasteiger partial charge in [-0.3, -0.25) is 4.79 Å². The van der Waals surface area contributed by atoms with Crippen molar-refractivity contribution in [2.75, 3.05) is 18.2 Å². The van der Waals surface area contributed by atoms with Crippen LogP contribution in [0.5, 0.6) is 0 Å². The van der Waals surface area contributed by atoms with Crippen molar-refractivity contribution in [3.05, 3.63) is 16.5 Å². The third-order valence-corrected chi connectivity index (χ3v) is 6.26. The number of amides is 1. The van der Waals surface area contributed by atoms with Crippen molar-refractivity contribution < 1.29 is 22.7 Å². The Labute approximate surface area is 128 Å². The van der Waals surface area contributed by atoms with Gasteiger partial charge in [0.2, 0.25) is 5.91 Å². The van der Waals surface area contributed by atoms with Crippen molar-refractivity contribution in [1.82, 2.24) is 0 Å². The summed E-state index contributed by atoms with van der Waals surface area (Å²) in [4.78, 5) is 24.2. The Morgan fingerprint density at radius 2 is 1.95 bits per heavy atom. The average molecular weight is 333 g/mol. The summed E-state index contributed by atoms with van der Waals surface area (Å²) < 4.78 is 26.6. The van der Waals surface area contributed by atoms with Crippen molar-refractivity contribution in [2.24, 2.45) is 0 Å². The Kier molecular flexibility index (Phi) is 5.16. The SMILES string of the molecule is CCOC(=O)c1sc(NC(=O)C(C)(C)S(C)(=O)=O)cc1C. The van der Waals surface area contributed by atoms with Crippen molar-refractivity contribution >= 4 is 38.1 Å². The maximum atomic E-state index is 12.1. The molecule has 0 aliphatic rings. The van der Waals surface area contributed by atoms with Crippen LogP contribution in [-0.4, -0.2) is 37.9 Å². The van der Waals surface area contributed by atoms with Crippen molar-refractivity contribution in [1.29, 1.82) is 0 Å². The molecule has 0 saturated heterocycles. The summed E-state index contributed by atoms with van der Waals surface area (Å²) in [5.41, 5.74) is 0.672. The van der Waals surface area contributed by atoms with Gasteiger partial charge in [0.05, 0.1) is 11.6 Å². The van der Waals surface area contributed by atoms with Gasteiger partial charge >= 0.3 is 5.97 Å². The molecule has 0 aromatic carbocycles. The number of sulfone groups is 1. The van der Waals surface area contributed by atoms with Crippen LogP contribution in [0.1, 0.15) is 36.0 Å². The Hall–Kier alpha value is -1.41. The second-order valence-electron chi connectivity index (χ2n) is 5.08. The van der Waals surface area contributed by atoms with E-state index in [9.17, 15) is 18.0 Å². The minimum Gasteiger partial charge on any atom is -0.462 e. The number of nitrogens with one attached hydrogen (secondary N) is 1. The van der Waals surface area contributed by atoms with Crippen LogP contribution in [0.3, 0.4) is 0 Å². The van der Waals surface area contributed by atoms with Crippen molar-refractivity contribution in [2.45, 2.75) is 32.4 Å². The zero-order chi connectivity index (χ0) is 16.4. The average Bonchev–Trinajstić information content (AvgIpc) is 2.69. The molecule has 0 bridgehead atoms. The minimum atomic E-state index is -3.55. The summed E-state index contributed by atoms with van der Waals surface area (Å²) in [5.74, 6) is -1.09. The Morgan fingerprint density at radius 3 is 2.43 bits per heavy atom. The molecule has 0 spiro atoms. The summed E-state index contributed by atoms with van der Waals surface area (Å²) in [6.45, 7) is 6.37. The monoisotopic (exact) mass is 333 g/mol. The highest BCUT2D eigenvalue weighted by Crippen LogP contribution is 2.29. The second kappa shape index (κ2) is 6.15. The van der Waals surface area contributed by atoms with E-state index < -0.39 is 26.5 Å². The largest absolute Gasteiger partial charge is 0.462 e. The van der Waals surface area contributed by atoms with E-state index in [0.29, 0.717) is 15.4 Å². The molecule has 1 aromatic heterocycles. The van der Waals surface area contributed by atoms with Gasteiger partial charge in [0.15, 0.2) is 9.84 Å². The number of ether oxygens (including phenoxy) is 1. The van der Waals surface area contributed by atoms with Gasteiger partial charge in [-0.2, -0.15) is 0 Å². The molecule has 0 aliphatic heterocycles. The lowest BCUT2D eigenvalue weighted by Gasteiger charge is -2.20. The molecule has 0 aliphatic carbocycles. The standard InChI is InChI=1S/C13H19NO5S2/c1-6-19-11(15)10-8(2)7-9(20-10)14-12(16)13(3,4)21(5,17)18/h7H,6H2,1-5H3,(H,14,16). The molecule has 8 heteroatoms. The van der Waals surface area contributed by atoms with Crippen LogP contribution in [0, 0.1) is 6.92 Å². The molecule has 1 aromatic rings. The lowest BCUT2D eigenvalue weighted by atomic mass is 10.2. The lowest BCUT2D eigenvalue weighted by Crippen LogP contribution is -2.43. The smallest absolute Gasteiger partial charge is 0.348 e. The van der Waals surface area contributed by atoms with E-state index in [-0.39, 0.29) is 6.61 Å². The van der Waals surface area contributed by atoms with Crippen LogP contribution < -0.4 is 5.32 Å². The number of hydrogen-bond donors (Lipinski definition) is 1. The second-order valence-corrected chi connectivity index (χ2v) is 8.70. The number of anilines is 1.